The van der Waals surface area contributed by atoms with Crippen molar-refractivity contribution in [1.82, 2.24) is 9.78 Å². The minimum absolute atomic E-state index is 0.0345. The van der Waals surface area contributed by atoms with Crippen molar-refractivity contribution in [2.24, 2.45) is 0 Å². The number of ketones is 1. The molecule has 0 fully saturated rings. The lowest BCUT2D eigenvalue weighted by molar-refractivity contribution is 0.0961. The predicted molar refractivity (Wildman–Crippen MR) is 64.0 cm³/mol. The first-order chi connectivity index (χ1) is 8.58. The van der Waals surface area contributed by atoms with Crippen LogP contribution in [0, 0.1) is 12.7 Å². The van der Waals surface area contributed by atoms with E-state index in [0.29, 0.717) is 5.69 Å². The number of Topliss-reactive ketones (excluding diaryl/α,β-unsaturated/α-hetero) is 1. The first kappa shape index (κ1) is 12.2. The van der Waals surface area contributed by atoms with E-state index in [4.69, 9.17) is 0 Å². The molecule has 4 nitrogen and oxygen atoms in total. The summed E-state index contributed by atoms with van der Waals surface area (Å²) in [6.07, 6.45) is 0. The van der Waals surface area contributed by atoms with E-state index >= 15 is 0 Å². The summed E-state index contributed by atoms with van der Waals surface area (Å²) >= 11 is 0. The number of aryl methyl sites for hydroxylation is 1. The Morgan fingerprint density at radius 1 is 1.28 bits per heavy atom. The second-order valence-electron chi connectivity index (χ2n) is 3.87. The Labute approximate surface area is 103 Å². The summed E-state index contributed by atoms with van der Waals surface area (Å²) in [5.41, 5.74) is 0.203. The van der Waals surface area contributed by atoms with E-state index in [1.165, 1.54) is 24.3 Å². The van der Waals surface area contributed by atoms with Crippen LogP contribution in [0.2, 0.25) is 0 Å². The van der Waals surface area contributed by atoms with Crippen molar-refractivity contribution < 1.29 is 9.18 Å². The molecule has 0 aliphatic carbocycles. The molecule has 0 atom stereocenters. The minimum Gasteiger partial charge on any atom is -0.292 e. The highest BCUT2D eigenvalue weighted by atomic mass is 19.1. The van der Waals surface area contributed by atoms with Crippen LogP contribution in [0.4, 0.5) is 4.39 Å². The van der Waals surface area contributed by atoms with E-state index in [1.54, 1.807) is 19.1 Å². The van der Waals surface area contributed by atoms with Gasteiger partial charge in [0.25, 0.3) is 5.56 Å². The number of nitrogens with zero attached hydrogens (tertiary/aromatic N) is 2. The fourth-order valence-electron chi connectivity index (χ4n) is 1.57. The predicted octanol–water partition coefficient (Wildman–Crippen LogP) is 1.57. The normalized spacial score (nSPS) is 10.3. The largest absolute Gasteiger partial charge is 0.292 e. The molecule has 1 heterocycles. The lowest BCUT2D eigenvalue weighted by Crippen LogP contribution is -2.26. The number of hydrogen-bond acceptors (Lipinski definition) is 3. The standard InChI is InChI=1S/C13H11FN2O2/c1-9-6-7-13(18)16(15-9)8-12(17)10-4-2-3-5-11(10)14/h2-7H,8H2,1H3. The van der Waals surface area contributed by atoms with Crippen LogP contribution in [0.3, 0.4) is 0 Å². The lowest BCUT2D eigenvalue weighted by Gasteiger charge is -2.05. The van der Waals surface area contributed by atoms with Gasteiger partial charge in [0.15, 0.2) is 5.78 Å². The summed E-state index contributed by atoms with van der Waals surface area (Å²) in [7, 11) is 0. The first-order valence-corrected chi connectivity index (χ1v) is 5.40. The van der Waals surface area contributed by atoms with Gasteiger partial charge in [0.2, 0.25) is 0 Å². The van der Waals surface area contributed by atoms with Crippen LogP contribution in [0.25, 0.3) is 0 Å². The molecule has 0 spiro atoms. The van der Waals surface area contributed by atoms with Crippen molar-refractivity contribution in [2.45, 2.75) is 13.5 Å². The van der Waals surface area contributed by atoms with Gasteiger partial charge >= 0.3 is 0 Å². The fourth-order valence-corrected chi connectivity index (χ4v) is 1.57. The van der Waals surface area contributed by atoms with Gasteiger partial charge in [-0.25, -0.2) is 9.07 Å². The van der Waals surface area contributed by atoms with Crippen LogP contribution in [0.15, 0.2) is 41.2 Å². The molecule has 0 amide bonds. The maximum absolute atomic E-state index is 13.4. The topological polar surface area (TPSA) is 52.0 Å². The average Bonchev–Trinajstić information content (AvgIpc) is 2.34. The molecule has 0 unspecified atom stereocenters. The minimum atomic E-state index is -0.594. The third-order valence-corrected chi connectivity index (χ3v) is 2.47. The molecule has 0 aliphatic rings. The number of halogens is 1. The van der Waals surface area contributed by atoms with Gasteiger partial charge < -0.3 is 0 Å². The monoisotopic (exact) mass is 246 g/mol. The molecule has 0 N–H and O–H groups in total. The summed E-state index contributed by atoms with van der Waals surface area (Å²) < 4.78 is 14.4. The Morgan fingerprint density at radius 2 is 2.00 bits per heavy atom. The van der Waals surface area contributed by atoms with Gasteiger partial charge in [-0.3, -0.25) is 9.59 Å². The molecule has 2 rings (SSSR count). The van der Waals surface area contributed by atoms with Crippen molar-refractivity contribution in [3.63, 3.8) is 0 Å². The molecule has 0 saturated carbocycles. The third kappa shape index (κ3) is 2.51. The van der Waals surface area contributed by atoms with Crippen LogP contribution < -0.4 is 5.56 Å². The van der Waals surface area contributed by atoms with Gasteiger partial charge in [0, 0.05) is 6.07 Å². The average molecular weight is 246 g/mol. The van der Waals surface area contributed by atoms with Crippen LogP contribution in [-0.4, -0.2) is 15.6 Å². The van der Waals surface area contributed by atoms with Crippen molar-refractivity contribution in [3.8, 4) is 0 Å². The van der Waals surface area contributed by atoms with Gasteiger partial charge in [0.05, 0.1) is 11.3 Å². The van der Waals surface area contributed by atoms with Gasteiger partial charge in [-0.1, -0.05) is 12.1 Å². The van der Waals surface area contributed by atoms with E-state index < -0.39 is 11.6 Å². The second kappa shape index (κ2) is 4.91. The number of carbonyl (C=O) groups excluding carboxylic acids is 1. The van der Waals surface area contributed by atoms with Gasteiger partial charge in [0.1, 0.15) is 12.4 Å². The highest BCUT2D eigenvalue weighted by Gasteiger charge is 2.12. The Hall–Kier alpha value is -2.30. The zero-order valence-electron chi connectivity index (χ0n) is 9.76. The van der Waals surface area contributed by atoms with Crippen LogP contribution in [-0.2, 0) is 6.54 Å². The SMILES string of the molecule is Cc1ccc(=O)n(CC(=O)c2ccccc2F)n1. The van der Waals surface area contributed by atoms with Crippen molar-refractivity contribution in [3.05, 3.63) is 63.8 Å². The molecule has 2 aromatic rings. The van der Waals surface area contributed by atoms with Crippen LogP contribution in [0.5, 0.6) is 0 Å². The zero-order valence-corrected chi connectivity index (χ0v) is 9.76. The van der Waals surface area contributed by atoms with Gasteiger partial charge in [-0.2, -0.15) is 5.10 Å². The van der Waals surface area contributed by atoms with Gasteiger partial charge in [-0.15, -0.1) is 0 Å². The second-order valence-corrected chi connectivity index (χ2v) is 3.87. The molecular formula is C13H11FN2O2. The molecule has 5 heteroatoms. The van der Waals surface area contributed by atoms with E-state index in [9.17, 15) is 14.0 Å². The van der Waals surface area contributed by atoms with Gasteiger partial charge in [-0.05, 0) is 25.1 Å². The van der Waals surface area contributed by atoms with Crippen LogP contribution in [0.1, 0.15) is 16.1 Å². The first-order valence-electron chi connectivity index (χ1n) is 5.40. The molecule has 0 aliphatic heterocycles. The van der Waals surface area contributed by atoms with Crippen molar-refractivity contribution in [2.75, 3.05) is 0 Å². The molecule has 0 bridgehead atoms. The maximum Gasteiger partial charge on any atom is 0.267 e. The number of rotatable bonds is 3. The molecule has 1 aromatic carbocycles. The number of aromatic nitrogens is 2. The third-order valence-electron chi connectivity index (χ3n) is 2.47. The van der Waals surface area contributed by atoms with E-state index in [0.717, 1.165) is 4.68 Å². The summed E-state index contributed by atoms with van der Waals surface area (Å²) in [6, 6.07) is 8.56. The van der Waals surface area contributed by atoms with Crippen molar-refractivity contribution in [1.29, 1.82) is 0 Å². The molecule has 0 saturated heterocycles. The Balaban J connectivity index is 2.30. The van der Waals surface area contributed by atoms with E-state index in [2.05, 4.69) is 5.10 Å². The zero-order chi connectivity index (χ0) is 13.1. The quantitative estimate of drug-likeness (QED) is 0.772. The highest BCUT2D eigenvalue weighted by Crippen LogP contribution is 2.07. The lowest BCUT2D eigenvalue weighted by atomic mass is 10.1. The molecule has 1 aromatic heterocycles. The number of hydrogen-bond donors (Lipinski definition) is 0. The summed E-state index contributed by atoms with van der Waals surface area (Å²) in [6.45, 7) is 1.45. The number of benzene rings is 1. The molecule has 0 radical (unpaired) electrons. The fraction of sp³-hybridized carbons (Fsp3) is 0.154. The Bertz CT molecular complexity index is 649. The summed E-state index contributed by atoms with van der Waals surface area (Å²) in [4.78, 5) is 23.3. The Morgan fingerprint density at radius 3 is 2.72 bits per heavy atom. The van der Waals surface area contributed by atoms with Crippen molar-refractivity contribution >= 4 is 5.78 Å². The molecule has 92 valence electrons. The highest BCUT2D eigenvalue weighted by molar-refractivity contribution is 5.96. The summed E-state index contributed by atoms with van der Waals surface area (Å²) in [5, 5.41) is 3.93. The van der Waals surface area contributed by atoms with E-state index in [1.807, 2.05) is 0 Å². The smallest absolute Gasteiger partial charge is 0.267 e. The van der Waals surface area contributed by atoms with Crippen LogP contribution >= 0.6 is 0 Å². The molecule has 18 heavy (non-hydrogen) atoms. The van der Waals surface area contributed by atoms with E-state index in [-0.39, 0.29) is 17.7 Å². The summed E-state index contributed by atoms with van der Waals surface area (Å²) in [5.74, 6) is -1.07. The maximum atomic E-state index is 13.4. The Kier molecular flexibility index (Phi) is 3.32. The number of carbonyl (C=O) groups is 1. The molecular weight excluding hydrogens is 235 g/mol.